The van der Waals surface area contributed by atoms with E-state index in [1.165, 1.54) is 6.07 Å². The Morgan fingerprint density at radius 2 is 1.86 bits per heavy atom. The fourth-order valence-electron chi connectivity index (χ4n) is 2.68. The van der Waals surface area contributed by atoms with Gasteiger partial charge >= 0.3 is 0 Å². The summed E-state index contributed by atoms with van der Waals surface area (Å²) in [4.78, 5) is 4.60. The van der Waals surface area contributed by atoms with Gasteiger partial charge in [-0.2, -0.15) is 0 Å². The Morgan fingerprint density at radius 1 is 1.24 bits per heavy atom. The van der Waals surface area contributed by atoms with Crippen LogP contribution in [0.5, 0.6) is 0 Å². The molecule has 0 bridgehead atoms. The topological polar surface area (TPSA) is 92.7 Å². The van der Waals surface area contributed by atoms with E-state index in [9.17, 15) is 8.42 Å². The molecule has 1 aliphatic rings. The molecule has 0 amide bonds. The summed E-state index contributed by atoms with van der Waals surface area (Å²) in [7, 11) is -3.78. The van der Waals surface area contributed by atoms with E-state index in [1.807, 2.05) is 0 Å². The molecule has 1 aromatic rings. The third-order valence-electron chi connectivity index (χ3n) is 4.16. The molecular weight excluding hydrogens is 288 g/mol. The van der Waals surface area contributed by atoms with Gasteiger partial charge in [-0.3, -0.25) is 4.90 Å². The zero-order valence-corrected chi connectivity index (χ0v) is 13.4. The first kappa shape index (κ1) is 16.1. The number of primary sulfonamides is 1. The van der Waals surface area contributed by atoms with Crippen molar-refractivity contribution in [3.63, 3.8) is 0 Å². The highest BCUT2D eigenvalue weighted by Gasteiger charge is 2.24. The van der Waals surface area contributed by atoms with Crippen LogP contribution in [-0.2, 0) is 10.0 Å². The second-order valence-electron chi connectivity index (χ2n) is 5.55. The molecule has 21 heavy (non-hydrogen) atoms. The minimum atomic E-state index is -3.78. The first-order chi connectivity index (χ1) is 9.82. The van der Waals surface area contributed by atoms with Crippen molar-refractivity contribution < 1.29 is 8.42 Å². The van der Waals surface area contributed by atoms with Crippen LogP contribution in [0, 0.1) is 0 Å². The Morgan fingerprint density at radius 3 is 2.38 bits per heavy atom. The SMILES string of the molecule is CCC(C)N1CCN(c2ccc(N)cc2S(N)(=O)=O)CC1. The van der Waals surface area contributed by atoms with Gasteiger partial charge in [0.15, 0.2) is 0 Å². The van der Waals surface area contributed by atoms with Gasteiger partial charge in [0.05, 0.1) is 5.69 Å². The van der Waals surface area contributed by atoms with Crippen LogP contribution in [0.1, 0.15) is 20.3 Å². The van der Waals surface area contributed by atoms with E-state index in [0.29, 0.717) is 17.4 Å². The van der Waals surface area contributed by atoms with Crippen molar-refractivity contribution in [2.75, 3.05) is 36.8 Å². The molecule has 1 unspecified atom stereocenters. The Bertz CT molecular complexity index is 595. The first-order valence-corrected chi connectivity index (χ1v) is 8.79. The lowest BCUT2D eigenvalue weighted by Gasteiger charge is -2.39. The predicted molar refractivity (Wildman–Crippen MR) is 85.8 cm³/mol. The van der Waals surface area contributed by atoms with Gasteiger partial charge in [-0.1, -0.05) is 6.92 Å². The van der Waals surface area contributed by atoms with Crippen molar-refractivity contribution in [3.8, 4) is 0 Å². The van der Waals surface area contributed by atoms with Crippen molar-refractivity contribution in [1.82, 2.24) is 4.90 Å². The predicted octanol–water partition coefficient (Wildman–Crippen LogP) is 0.837. The van der Waals surface area contributed by atoms with E-state index >= 15 is 0 Å². The summed E-state index contributed by atoms with van der Waals surface area (Å²) in [5, 5.41) is 5.31. The molecule has 1 aliphatic heterocycles. The molecule has 6 nitrogen and oxygen atoms in total. The molecule has 1 aromatic carbocycles. The van der Waals surface area contributed by atoms with Gasteiger partial charge in [0.2, 0.25) is 10.0 Å². The minimum Gasteiger partial charge on any atom is -0.399 e. The van der Waals surface area contributed by atoms with E-state index in [0.717, 1.165) is 32.6 Å². The first-order valence-electron chi connectivity index (χ1n) is 7.24. The minimum absolute atomic E-state index is 0.111. The van der Waals surface area contributed by atoms with E-state index in [2.05, 4.69) is 23.6 Å². The van der Waals surface area contributed by atoms with Crippen LogP contribution >= 0.6 is 0 Å². The largest absolute Gasteiger partial charge is 0.399 e. The van der Waals surface area contributed by atoms with E-state index in [1.54, 1.807) is 12.1 Å². The van der Waals surface area contributed by atoms with Crippen molar-refractivity contribution in [2.24, 2.45) is 5.14 Å². The Balaban J connectivity index is 2.21. The van der Waals surface area contributed by atoms with Crippen LogP contribution < -0.4 is 15.8 Å². The molecule has 1 atom stereocenters. The maximum Gasteiger partial charge on any atom is 0.240 e. The molecule has 1 fully saturated rings. The number of nitrogen functional groups attached to an aromatic ring is 1. The molecule has 0 radical (unpaired) electrons. The maximum atomic E-state index is 11.8. The molecule has 0 aromatic heterocycles. The third kappa shape index (κ3) is 3.66. The number of hydrogen-bond acceptors (Lipinski definition) is 5. The summed E-state index contributed by atoms with van der Waals surface area (Å²) in [6, 6.07) is 5.45. The van der Waals surface area contributed by atoms with Crippen molar-refractivity contribution in [3.05, 3.63) is 18.2 Å². The zero-order chi connectivity index (χ0) is 15.6. The smallest absolute Gasteiger partial charge is 0.240 e. The number of hydrogen-bond donors (Lipinski definition) is 2. The molecule has 4 N–H and O–H groups in total. The average molecular weight is 312 g/mol. The molecule has 118 valence electrons. The summed E-state index contributed by atoms with van der Waals surface area (Å²) in [6.45, 7) is 7.81. The third-order valence-corrected chi connectivity index (χ3v) is 5.10. The number of anilines is 2. The quantitative estimate of drug-likeness (QED) is 0.804. The number of sulfonamides is 1. The molecule has 1 saturated heterocycles. The molecule has 7 heteroatoms. The summed E-state index contributed by atoms with van der Waals surface area (Å²) in [5.41, 5.74) is 6.74. The zero-order valence-electron chi connectivity index (χ0n) is 12.6. The highest BCUT2D eigenvalue weighted by atomic mass is 32.2. The number of benzene rings is 1. The van der Waals surface area contributed by atoms with Crippen LogP contribution in [0.15, 0.2) is 23.1 Å². The molecule has 0 saturated carbocycles. The van der Waals surface area contributed by atoms with Gasteiger partial charge in [-0.05, 0) is 31.5 Å². The second kappa shape index (κ2) is 6.21. The van der Waals surface area contributed by atoms with Crippen LogP contribution in [0.2, 0.25) is 0 Å². The van der Waals surface area contributed by atoms with E-state index in [-0.39, 0.29) is 4.90 Å². The van der Waals surface area contributed by atoms with Gasteiger partial charge in [-0.15, -0.1) is 0 Å². The second-order valence-corrected chi connectivity index (χ2v) is 7.08. The van der Waals surface area contributed by atoms with Gasteiger partial charge in [0.25, 0.3) is 0 Å². The maximum absolute atomic E-state index is 11.8. The molecule has 1 heterocycles. The van der Waals surface area contributed by atoms with Crippen LogP contribution in [0.4, 0.5) is 11.4 Å². The van der Waals surface area contributed by atoms with Gasteiger partial charge < -0.3 is 10.6 Å². The number of piperazine rings is 1. The summed E-state index contributed by atoms with van der Waals surface area (Å²) in [6.07, 6.45) is 1.12. The lowest BCUT2D eigenvalue weighted by molar-refractivity contribution is 0.192. The number of rotatable bonds is 4. The van der Waals surface area contributed by atoms with Gasteiger partial charge in [0, 0.05) is 37.9 Å². The normalized spacial score (nSPS) is 18.7. The van der Waals surface area contributed by atoms with E-state index < -0.39 is 10.0 Å². The molecule has 0 spiro atoms. The standard InChI is InChI=1S/C14H24N4O2S/c1-3-11(2)17-6-8-18(9-7-17)13-5-4-12(15)10-14(13)21(16,19)20/h4-5,10-11H,3,6-9,15H2,1-2H3,(H2,16,19,20). The van der Waals surface area contributed by atoms with Crippen molar-refractivity contribution in [2.45, 2.75) is 31.2 Å². The lowest BCUT2D eigenvalue weighted by Crippen LogP contribution is -2.49. The van der Waals surface area contributed by atoms with E-state index in [4.69, 9.17) is 10.9 Å². The van der Waals surface area contributed by atoms with Gasteiger partial charge in [0.1, 0.15) is 4.90 Å². The summed E-state index contributed by atoms with van der Waals surface area (Å²) >= 11 is 0. The summed E-state index contributed by atoms with van der Waals surface area (Å²) < 4.78 is 23.5. The Kier molecular flexibility index (Phi) is 4.75. The fourth-order valence-corrected chi connectivity index (χ4v) is 3.47. The average Bonchev–Trinajstić information content (AvgIpc) is 2.45. The van der Waals surface area contributed by atoms with Gasteiger partial charge in [-0.25, -0.2) is 13.6 Å². The summed E-state index contributed by atoms with van der Waals surface area (Å²) in [5.74, 6) is 0. The van der Waals surface area contributed by atoms with Crippen LogP contribution in [-0.4, -0.2) is 45.5 Å². The van der Waals surface area contributed by atoms with Crippen molar-refractivity contribution >= 4 is 21.4 Å². The highest BCUT2D eigenvalue weighted by molar-refractivity contribution is 7.89. The number of nitrogens with two attached hydrogens (primary N) is 2. The Labute approximate surface area is 126 Å². The highest BCUT2D eigenvalue weighted by Crippen LogP contribution is 2.27. The van der Waals surface area contributed by atoms with Crippen LogP contribution in [0.25, 0.3) is 0 Å². The van der Waals surface area contributed by atoms with Crippen LogP contribution in [0.3, 0.4) is 0 Å². The lowest BCUT2D eigenvalue weighted by atomic mass is 10.1. The molecule has 0 aliphatic carbocycles. The fraction of sp³-hybridized carbons (Fsp3) is 0.571. The number of nitrogens with zero attached hydrogens (tertiary/aromatic N) is 2. The Hall–Kier alpha value is -1.31. The molecule has 2 rings (SSSR count). The monoisotopic (exact) mass is 312 g/mol. The molecular formula is C14H24N4O2S. The van der Waals surface area contributed by atoms with Crippen molar-refractivity contribution in [1.29, 1.82) is 0 Å².